The van der Waals surface area contributed by atoms with Gasteiger partial charge in [0.2, 0.25) is 0 Å². The van der Waals surface area contributed by atoms with E-state index in [0.29, 0.717) is 12.0 Å². The third kappa shape index (κ3) is 2.84. The lowest BCUT2D eigenvalue weighted by Gasteiger charge is -2.25. The number of anilines is 1. The first-order chi connectivity index (χ1) is 10.2. The summed E-state index contributed by atoms with van der Waals surface area (Å²) in [5.41, 5.74) is 8.44. The van der Waals surface area contributed by atoms with E-state index >= 15 is 0 Å². The monoisotopic (exact) mass is 300 g/mol. The van der Waals surface area contributed by atoms with Crippen molar-refractivity contribution in [2.75, 3.05) is 4.90 Å². The van der Waals surface area contributed by atoms with E-state index in [1.165, 1.54) is 5.56 Å². The van der Waals surface area contributed by atoms with Crippen molar-refractivity contribution in [1.29, 1.82) is 0 Å². The van der Waals surface area contributed by atoms with Gasteiger partial charge in [0.15, 0.2) is 0 Å². The van der Waals surface area contributed by atoms with Crippen molar-refractivity contribution >= 4 is 17.4 Å². The van der Waals surface area contributed by atoms with Gasteiger partial charge in [0.05, 0.1) is 12.4 Å². The van der Waals surface area contributed by atoms with Gasteiger partial charge in [-0.05, 0) is 29.0 Å². The highest BCUT2D eigenvalue weighted by Gasteiger charge is 2.20. The van der Waals surface area contributed by atoms with Crippen LogP contribution in [0.5, 0.6) is 0 Å². The van der Waals surface area contributed by atoms with Crippen LogP contribution in [-0.4, -0.2) is 15.0 Å². The van der Waals surface area contributed by atoms with Gasteiger partial charge >= 0.3 is 0 Å². The first-order valence-electron chi connectivity index (χ1n) is 7.10. The van der Waals surface area contributed by atoms with E-state index in [-0.39, 0.29) is 5.50 Å². The quantitative estimate of drug-likeness (QED) is 0.940. The zero-order chi connectivity index (χ0) is 14.8. The third-order valence-corrected chi connectivity index (χ3v) is 4.51. The molecule has 1 aliphatic heterocycles. The molecule has 0 radical (unpaired) electrons. The number of hydrogen-bond donors (Lipinski definition) is 1. The highest BCUT2D eigenvalue weighted by molar-refractivity contribution is 8.03. The molecule has 0 aliphatic carbocycles. The molecule has 2 aromatic rings. The average molecular weight is 300 g/mol. The van der Waals surface area contributed by atoms with Crippen LogP contribution in [-0.2, 0) is 0 Å². The van der Waals surface area contributed by atoms with Gasteiger partial charge in [-0.15, -0.1) is 0 Å². The molecule has 5 heteroatoms. The second kappa shape index (κ2) is 5.95. The summed E-state index contributed by atoms with van der Waals surface area (Å²) in [4.78, 5) is 6.25. The first-order valence-corrected chi connectivity index (χ1v) is 8.04. The number of aromatic nitrogens is 2. The molecular weight excluding hydrogens is 280 g/mol. The molecule has 2 atom stereocenters. The molecule has 0 fully saturated rings. The fourth-order valence-corrected chi connectivity index (χ4v) is 3.43. The third-order valence-electron chi connectivity index (χ3n) is 3.72. The van der Waals surface area contributed by atoms with Crippen LogP contribution >= 0.6 is 11.8 Å². The van der Waals surface area contributed by atoms with E-state index < -0.39 is 0 Å². The minimum Gasteiger partial charge on any atom is -0.330 e. The Morgan fingerprint density at radius 1 is 1.24 bits per heavy atom. The van der Waals surface area contributed by atoms with Crippen LogP contribution in [0.1, 0.15) is 25.5 Å². The van der Waals surface area contributed by atoms with Crippen LogP contribution in [0.3, 0.4) is 0 Å². The van der Waals surface area contributed by atoms with Crippen LogP contribution < -0.4 is 10.6 Å². The molecule has 4 nitrogen and oxygen atoms in total. The van der Waals surface area contributed by atoms with Gasteiger partial charge in [-0.3, -0.25) is 0 Å². The van der Waals surface area contributed by atoms with Crippen LogP contribution in [0.2, 0.25) is 0 Å². The minimum atomic E-state index is -0.0228. The van der Waals surface area contributed by atoms with E-state index in [9.17, 15) is 0 Å². The molecule has 0 saturated heterocycles. The predicted octanol–water partition coefficient (Wildman–Crippen LogP) is 3.40. The van der Waals surface area contributed by atoms with Crippen molar-refractivity contribution in [3.8, 4) is 0 Å². The van der Waals surface area contributed by atoms with Crippen molar-refractivity contribution in [1.82, 2.24) is 9.55 Å². The molecule has 0 amide bonds. The molecule has 110 valence electrons. The molecular formula is C16H20N4S. The fraction of sp³-hybridized carbons (Fsp3) is 0.312. The number of rotatable bonds is 4. The zero-order valence-corrected chi connectivity index (χ0v) is 13.1. The Labute approximate surface area is 129 Å². The Bertz CT molecular complexity index is 604. The first kappa shape index (κ1) is 14.2. The van der Waals surface area contributed by atoms with Gasteiger partial charge in [-0.2, -0.15) is 0 Å². The SMILES string of the molecule is CC(C)C(c1ccc(N2C=CSC2N)cc1)n1ccnc1. The van der Waals surface area contributed by atoms with Crippen molar-refractivity contribution < 1.29 is 0 Å². The number of benzene rings is 1. The Balaban J connectivity index is 1.87. The fourth-order valence-electron chi connectivity index (χ4n) is 2.74. The zero-order valence-electron chi connectivity index (χ0n) is 12.3. The molecule has 2 unspecified atom stereocenters. The summed E-state index contributed by atoms with van der Waals surface area (Å²) in [6, 6.07) is 8.95. The topological polar surface area (TPSA) is 47.1 Å². The molecule has 0 bridgehead atoms. The van der Waals surface area contributed by atoms with Gasteiger partial charge in [-0.1, -0.05) is 37.7 Å². The predicted molar refractivity (Wildman–Crippen MR) is 88.8 cm³/mol. The second-order valence-corrected chi connectivity index (χ2v) is 6.54. The van der Waals surface area contributed by atoms with Gasteiger partial charge < -0.3 is 15.2 Å². The van der Waals surface area contributed by atoms with Gasteiger partial charge in [0.25, 0.3) is 0 Å². The molecule has 1 aliphatic rings. The Morgan fingerprint density at radius 2 is 2.00 bits per heavy atom. The minimum absolute atomic E-state index is 0.0228. The van der Waals surface area contributed by atoms with E-state index in [2.05, 4.69) is 52.6 Å². The molecule has 0 saturated carbocycles. The summed E-state index contributed by atoms with van der Waals surface area (Å²) in [5.74, 6) is 0.495. The van der Waals surface area contributed by atoms with Crippen molar-refractivity contribution in [3.63, 3.8) is 0 Å². The van der Waals surface area contributed by atoms with Crippen LogP contribution in [0, 0.1) is 5.92 Å². The van der Waals surface area contributed by atoms with E-state index in [0.717, 1.165) is 5.69 Å². The Kier molecular flexibility index (Phi) is 4.03. The van der Waals surface area contributed by atoms with Crippen LogP contribution in [0.15, 0.2) is 54.6 Å². The number of hydrogen-bond acceptors (Lipinski definition) is 4. The largest absolute Gasteiger partial charge is 0.330 e. The summed E-state index contributed by atoms with van der Waals surface area (Å²) in [5, 5.41) is 2.03. The Hall–Kier alpha value is -1.72. The van der Waals surface area contributed by atoms with E-state index in [1.54, 1.807) is 11.8 Å². The summed E-state index contributed by atoms with van der Waals surface area (Å²) in [6.45, 7) is 4.46. The standard InChI is InChI=1S/C16H20N4S/c1-12(2)15(19-8-7-18-11-19)13-3-5-14(6-4-13)20-9-10-21-16(20)17/h3-12,15-16H,17H2,1-2H3. The molecule has 1 aromatic heterocycles. The van der Waals surface area contributed by atoms with Gasteiger partial charge in [-0.25, -0.2) is 4.98 Å². The lowest BCUT2D eigenvalue weighted by molar-refractivity contribution is 0.436. The molecule has 2 heterocycles. The van der Waals surface area contributed by atoms with Gasteiger partial charge in [0, 0.05) is 24.3 Å². The molecule has 1 aromatic carbocycles. The molecule has 21 heavy (non-hydrogen) atoms. The Morgan fingerprint density at radius 3 is 2.52 bits per heavy atom. The summed E-state index contributed by atoms with van der Waals surface area (Å²) in [6.07, 6.45) is 7.76. The maximum absolute atomic E-state index is 6.05. The van der Waals surface area contributed by atoms with E-state index in [1.807, 2.05) is 30.3 Å². The van der Waals surface area contributed by atoms with Gasteiger partial charge in [0.1, 0.15) is 5.50 Å². The summed E-state index contributed by atoms with van der Waals surface area (Å²) >= 11 is 1.62. The van der Waals surface area contributed by atoms with Crippen LogP contribution in [0.25, 0.3) is 0 Å². The number of nitrogens with zero attached hydrogens (tertiary/aromatic N) is 3. The maximum atomic E-state index is 6.05. The highest BCUT2D eigenvalue weighted by atomic mass is 32.2. The maximum Gasteiger partial charge on any atom is 0.133 e. The molecule has 3 rings (SSSR count). The van der Waals surface area contributed by atoms with Crippen LogP contribution in [0.4, 0.5) is 5.69 Å². The average Bonchev–Trinajstić information content (AvgIpc) is 3.11. The number of nitrogens with two attached hydrogens (primary N) is 1. The summed E-state index contributed by atoms with van der Waals surface area (Å²) < 4.78 is 2.16. The second-order valence-electron chi connectivity index (χ2n) is 5.51. The lowest BCUT2D eigenvalue weighted by atomic mass is 9.95. The van der Waals surface area contributed by atoms with E-state index in [4.69, 9.17) is 5.73 Å². The number of thioether (sulfide) groups is 1. The molecule has 0 spiro atoms. The highest BCUT2D eigenvalue weighted by Crippen LogP contribution is 2.31. The van der Waals surface area contributed by atoms with Crippen molar-refractivity contribution in [2.24, 2.45) is 11.7 Å². The number of imidazole rings is 1. The normalized spacial score (nSPS) is 19.4. The van der Waals surface area contributed by atoms with Crippen molar-refractivity contribution in [2.45, 2.75) is 25.4 Å². The van der Waals surface area contributed by atoms with Crippen molar-refractivity contribution in [3.05, 3.63) is 60.2 Å². The lowest BCUT2D eigenvalue weighted by Crippen LogP contribution is -2.32. The summed E-state index contributed by atoms with van der Waals surface area (Å²) in [7, 11) is 0. The smallest absolute Gasteiger partial charge is 0.133 e. The molecule has 2 N–H and O–H groups in total.